The fourth-order valence-electron chi connectivity index (χ4n) is 3.72. The molecule has 3 nitrogen and oxygen atoms in total. The number of hydrogen-bond acceptors (Lipinski definition) is 3. The summed E-state index contributed by atoms with van der Waals surface area (Å²) < 4.78 is 11.6. The monoisotopic (exact) mass is 329 g/mol. The zero-order valence-electron chi connectivity index (χ0n) is 12.4. The zero-order valence-corrected chi connectivity index (χ0v) is 13.9. The van der Waals surface area contributed by atoms with Crippen LogP contribution >= 0.6 is 23.2 Å². The number of piperidine rings is 1. The number of benzene rings is 1. The van der Waals surface area contributed by atoms with E-state index in [9.17, 15) is 0 Å². The molecule has 3 rings (SSSR count). The van der Waals surface area contributed by atoms with Gasteiger partial charge in [0.1, 0.15) is 18.1 Å². The second-order valence-corrected chi connectivity index (χ2v) is 6.77. The minimum Gasteiger partial charge on any atom is -0.490 e. The van der Waals surface area contributed by atoms with Crippen molar-refractivity contribution in [2.45, 2.75) is 57.0 Å². The first-order valence-electron chi connectivity index (χ1n) is 7.50. The smallest absolute Gasteiger partial charge is 0.121 e. The first-order valence-corrected chi connectivity index (χ1v) is 8.26. The van der Waals surface area contributed by atoms with Crippen LogP contribution in [0.1, 0.15) is 32.6 Å². The Morgan fingerprint density at radius 3 is 2.38 bits per heavy atom. The highest BCUT2D eigenvalue weighted by atomic mass is 35.5. The van der Waals surface area contributed by atoms with Crippen LogP contribution in [0.25, 0.3) is 0 Å². The van der Waals surface area contributed by atoms with Gasteiger partial charge in [-0.25, -0.2) is 0 Å². The molecule has 4 atom stereocenters. The Labute approximate surface area is 136 Å². The Morgan fingerprint density at radius 2 is 1.81 bits per heavy atom. The van der Waals surface area contributed by atoms with Gasteiger partial charge in [0.2, 0.25) is 0 Å². The molecule has 116 valence electrons. The minimum absolute atomic E-state index is 0.188. The Hall–Kier alpha value is -0.480. The van der Waals surface area contributed by atoms with E-state index < -0.39 is 0 Å². The van der Waals surface area contributed by atoms with E-state index in [1.165, 1.54) is 12.8 Å². The normalized spacial score (nSPS) is 30.4. The molecule has 0 spiro atoms. The van der Waals surface area contributed by atoms with Crippen LogP contribution in [-0.2, 0) is 4.74 Å². The molecule has 21 heavy (non-hydrogen) atoms. The molecule has 1 aromatic rings. The van der Waals surface area contributed by atoms with Crippen LogP contribution in [0.15, 0.2) is 18.2 Å². The summed E-state index contributed by atoms with van der Waals surface area (Å²) in [7, 11) is 1.78. The molecule has 0 aliphatic carbocycles. The molecule has 2 unspecified atom stereocenters. The van der Waals surface area contributed by atoms with Gasteiger partial charge in [-0.15, -0.1) is 0 Å². The fraction of sp³-hybridized carbons (Fsp3) is 0.625. The lowest BCUT2D eigenvalue weighted by Gasteiger charge is -2.41. The van der Waals surface area contributed by atoms with Crippen LogP contribution in [0.2, 0.25) is 10.0 Å². The van der Waals surface area contributed by atoms with Crippen molar-refractivity contribution in [1.82, 2.24) is 4.90 Å². The van der Waals surface area contributed by atoms with Gasteiger partial charge in [0.15, 0.2) is 0 Å². The van der Waals surface area contributed by atoms with Gasteiger partial charge in [-0.1, -0.05) is 23.2 Å². The van der Waals surface area contributed by atoms with Gasteiger partial charge in [0.05, 0.1) is 10.0 Å². The summed E-state index contributed by atoms with van der Waals surface area (Å²) in [5, 5.41) is 1.11. The summed E-state index contributed by atoms with van der Waals surface area (Å²) in [5.74, 6) is 0.807. The van der Waals surface area contributed by atoms with Crippen LogP contribution in [0.4, 0.5) is 0 Å². The molecule has 0 N–H and O–H groups in total. The largest absolute Gasteiger partial charge is 0.490 e. The number of fused-ring (bicyclic) bond motifs is 2. The van der Waals surface area contributed by atoms with E-state index in [0.29, 0.717) is 22.1 Å². The molecule has 1 aromatic carbocycles. The van der Waals surface area contributed by atoms with Gasteiger partial charge in [0.25, 0.3) is 0 Å². The molecule has 0 saturated carbocycles. The highest BCUT2D eigenvalue weighted by Gasteiger charge is 2.43. The molecule has 0 amide bonds. The standard InChI is InChI=1S/C16H21Cl2NO2/c1-10(20-2)19-11-3-4-12(19)8-14(7-11)21-13-5-6-15(17)16(18)9-13/h5-6,9-12,14H,3-4,7-8H2,1-2H3/t10?,11-,12+,14?. The maximum absolute atomic E-state index is 6.12. The minimum atomic E-state index is 0.188. The van der Waals surface area contributed by atoms with Crippen molar-refractivity contribution in [3.8, 4) is 5.75 Å². The van der Waals surface area contributed by atoms with Crippen molar-refractivity contribution >= 4 is 23.2 Å². The van der Waals surface area contributed by atoms with Gasteiger partial charge in [0, 0.05) is 25.3 Å². The number of nitrogens with zero attached hydrogens (tertiary/aromatic N) is 1. The Balaban J connectivity index is 1.66. The van der Waals surface area contributed by atoms with Crippen molar-refractivity contribution in [1.29, 1.82) is 0 Å². The van der Waals surface area contributed by atoms with Gasteiger partial charge >= 0.3 is 0 Å². The molecular formula is C16H21Cl2NO2. The van der Waals surface area contributed by atoms with E-state index in [1.54, 1.807) is 19.2 Å². The van der Waals surface area contributed by atoms with E-state index >= 15 is 0 Å². The quantitative estimate of drug-likeness (QED) is 0.819. The lowest BCUT2D eigenvalue weighted by molar-refractivity contribution is -0.0789. The lowest BCUT2D eigenvalue weighted by atomic mass is 9.99. The van der Waals surface area contributed by atoms with Gasteiger partial charge in [-0.3, -0.25) is 4.90 Å². The predicted octanol–water partition coefficient (Wildman–Crippen LogP) is 4.36. The van der Waals surface area contributed by atoms with E-state index in [1.807, 2.05) is 6.07 Å². The molecule has 2 aliphatic heterocycles. The van der Waals surface area contributed by atoms with Crippen LogP contribution in [0.5, 0.6) is 5.75 Å². The number of hydrogen-bond donors (Lipinski definition) is 0. The van der Waals surface area contributed by atoms with E-state index in [0.717, 1.165) is 18.6 Å². The van der Waals surface area contributed by atoms with Crippen LogP contribution < -0.4 is 4.74 Å². The summed E-state index contributed by atoms with van der Waals surface area (Å²) in [5.41, 5.74) is 0. The third kappa shape index (κ3) is 3.16. The lowest BCUT2D eigenvalue weighted by Crippen LogP contribution is -2.50. The molecule has 5 heteroatoms. The SMILES string of the molecule is COC(C)N1[C@@H]2CC[C@H]1CC(Oc1ccc(Cl)c(Cl)c1)C2. The van der Waals surface area contributed by atoms with Crippen LogP contribution in [-0.4, -0.2) is 36.4 Å². The van der Waals surface area contributed by atoms with E-state index in [-0.39, 0.29) is 12.3 Å². The molecular weight excluding hydrogens is 309 g/mol. The number of ether oxygens (including phenoxy) is 2. The van der Waals surface area contributed by atoms with Crippen LogP contribution in [0, 0.1) is 0 Å². The summed E-state index contributed by atoms with van der Waals surface area (Å²) >= 11 is 12.0. The molecule has 2 heterocycles. The van der Waals surface area contributed by atoms with Crippen molar-refractivity contribution < 1.29 is 9.47 Å². The first kappa shape index (κ1) is 15.4. The molecule has 2 aliphatic rings. The molecule has 2 saturated heterocycles. The summed E-state index contributed by atoms with van der Waals surface area (Å²) in [6.45, 7) is 2.13. The topological polar surface area (TPSA) is 21.7 Å². The average molecular weight is 330 g/mol. The van der Waals surface area contributed by atoms with E-state index in [2.05, 4.69) is 11.8 Å². The second-order valence-electron chi connectivity index (χ2n) is 5.95. The number of rotatable bonds is 4. The highest BCUT2D eigenvalue weighted by Crippen LogP contribution is 2.39. The number of methoxy groups -OCH3 is 1. The van der Waals surface area contributed by atoms with Crippen molar-refractivity contribution in [2.75, 3.05) is 7.11 Å². The van der Waals surface area contributed by atoms with Crippen molar-refractivity contribution in [3.63, 3.8) is 0 Å². The Bertz CT molecular complexity index is 497. The highest BCUT2D eigenvalue weighted by molar-refractivity contribution is 6.42. The maximum atomic E-state index is 6.12. The van der Waals surface area contributed by atoms with Gasteiger partial charge < -0.3 is 9.47 Å². The van der Waals surface area contributed by atoms with Crippen molar-refractivity contribution in [3.05, 3.63) is 28.2 Å². The Morgan fingerprint density at radius 1 is 1.14 bits per heavy atom. The zero-order chi connectivity index (χ0) is 15.0. The number of halogens is 2. The molecule has 2 fully saturated rings. The Kier molecular flexibility index (Phi) is 4.65. The molecule has 2 bridgehead atoms. The van der Waals surface area contributed by atoms with Gasteiger partial charge in [-0.2, -0.15) is 0 Å². The summed E-state index contributed by atoms with van der Waals surface area (Å²) in [6.07, 6.45) is 5.00. The second kappa shape index (κ2) is 6.33. The third-order valence-electron chi connectivity index (χ3n) is 4.70. The maximum Gasteiger partial charge on any atom is 0.121 e. The first-order chi connectivity index (χ1) is 10.1. The molecule has 0 radical (unpaired) electrons. The van der Waals surface area contributed by atoms with E-state index in [4.69, 9.17) is 32.7 Å². The van der Waals surface area contributed by atoms with Crippen LogP contribution in [0.3, 0.4) is 0 Å². The summed E-state index contributed by atoms with van der Waals surface area (Å²) in [4.78, 5) is 2.51. The van der Waals surface area contributed by atoms with Crippen molar-refractivity contribution in [2.24, 2.45) is 0 Å². The average Bonchev–Trinajstić information content (AvgIpc) is 2.73. The molecule has 0 aromatic heterocycles. The predicted molar refractivity (Wildman–Crippen MR) is 85.2 cm³/mol. The van der Waals surface area contributed by atoms with Gasteiger partial charge in [-0.05, 0) is 44.7 Å². The fourth-order valence-corrected chi connectivity index (χ4v) is 4.01. The third-order valence-corrected chi connectivity index (χ3v) is 5.44. The summed E-state index contributed by atoms with van der Waals surface area (Å²) in [6, 6.07) is 6.60.